The Kier molecular flexibility index (Phi) is 11.9. The second kappa shape index (κ2) is 15.9. The van der Waals surface area contributed by atoms with E-state index < -0.39 is 68.6 Å². The molecule has 1 saturated carbocycles. The van der Waals surface area contributed by atoms with E-state index in [0.29, 0.717) is 11.5 Å². The van der Waals surface area contributed by atoms with E-state index in [1.54, 1.807) is 4.72 Å². The maximum atomic E-state index is 15.3. The third kappa shape index (κ3) is 9.12. The van der Waals surface area contributed by atoms with Crippen LogP contribution in [0.4, 0.5) is 28.9 Å². The molecule has 0 heterocycles. The molecule has 8 nitrogen and oxygen atoms in total. The summed E-state index contributed by atoms with van der Waals surface area (Å²) in [4.78, 5) is 27.1. The van der Waals surface area contributed by atoms with Crippen molar-refractivity contribution in [1.29, 1.82) is 0 Å². The number of halogens is 6. The number of anilines is 2. The van der Waals surface area contributed by atoms with Crippen molar-refractivity contribution in [3.8, 4) is 18.1 Å². The first-order valence-corrected chi connectivity index (χ1v) is 18.9. The number of aromatic carboxylic acids is 1. The molecule has 0 bridgehead atoms. The van der Waals surface area contributed by atoms with Crippen LogP contribution < -0.4 is 14.4 Å². The highest BCUT2D eigenvalue weighted by atomic mass is 35.5. The fraction of sp³-hybridized carbons (Fsp3) is 0.282. The van der Waals surface area contributed by atoms with Gasteiger partial charge in [-0.2, -0.15) is 0 Å². The number of benzene rings is 4. The number of carbonyl (C=O) groups excluding carboxylic acids is 1. The number of hydrogen-bond donors (Lipinski definition) is 2. The summed E-state index contributed by atoms with van der Waals surface area (Å²) in [5.74, 6) is -9.92. The van der Waals surface area contributed by atoms with Gasteiger partial charge in [0.1, 0.15) is 18.1 Å². The van der Waals surface area contributed by atoms with E-state index in [-0.39, 0.29) is 51.2 Å². The minimum absolute atomic E-state index is 0.00437. The molecular weight excluding hydrogens is 771 g/mol. The molecule has 1 aliphatic carbocycles. The van der Waals surface area contributed by atoms with Crippen molar-refractivity contribution in [1.82, 2.24) is 0 Å². The fourth-order valence-electron chi connectivity index (χ4n) is 5.75. The molecule has 0 atom stereocenters. The highest BCUT2D eigenvalue weighted by Crippen LogP contribution is 2.42. The van der Waals surface area contributed by atoms with Crippen LogP contribution in [-0.4, -0.2) is 37.8 Å². The maximum Gasteiger partial charge on any atom is 0.335 e. The van der Waals surface area contributed by atoms with E-state index in [2.05, 4.69) is 12.0 Å². The number of carboxylic acids is 1. The Hall–Kier alpha value is -4.77. The summed E-state index contributed by atoms with van der Waals surface area (Å²) in [6.45, 7) is 5.44. The number of amides is 1. The van der Waals surface area contributed by atoms with Crippen molar-refractivity contribution in [2.75, 3.05) is 22.0 Å². The van der Waals surface area contributed by atoms with Gasteiger partial charge in [0.15, 0.2) is 23.3 Å². The van der Waals surface area contributed by atoms with Gasteiger partial charge in [-0.05, 0) is 70.7 Å². The number of sulfonamides is 1. The minimum Gasteiger partial charge on any atom is -0.479 e. The minimum atomic E-state index is -5.04. The lowest BCUT2D eigenvalue weighted by Gasteiger charge is -2.27. The zero-order chi connectivity index (χ0) is 39.7. The van der Waals surface area contributed by atoms with Crippen molar-refractivity contribution >= 4 is 56.5 Å². The lowest BCUT2D eigenvalue weighted by molar-refractivity contribution is -0.116. The summed E-state index contributed by atoms with van der Waals surface area (Å²) >= 11 is 12.2. The van der Waals surface area contributed by atoms with E-state index in [1.165, 1.54) is 30.3 Å². The van der Waals surface area contributed by atoms with Gasteiger partial charge in [0.05, 0.1) is 33.5 Å². The molecule has 2 N–H and O–H groups in total. The second-order valence-corrected chi connectivity index (χ2v) is 16.3. The normalized spacial score (nSPS) is 13.0. The smallest absolute Gasteiger partial charge is 0.335 e. The van der Waals surface area contributed by atoms with E-state index in [9.17, 15) is 31.9 Å². The van der Waals surface area contributed by atoms with Crippen molar-refractivity contribution in [2.24, 2.45) is 0 Å². The van der Waals surface area contributed by atoms with Gasteiger partial charge < -0.3 is 14.7 Å². The number of nitrogens with one attached hydrogen (secondary N) is 1. The van der Waals surface area contributed by atoms with Crippen LogP contribution in [0.5, 0.6) is 5.75 Å². The highest BCUT2D eigenvalue weighted by molar-refractivity contribution is 7.93. The van der Waals surface area contributed by atoms with Crippen molar-refractivity contribution in [3.05, 3.63) is 121 Å². The topological polar surface area (TPSA) is 113 Å². The monoisotopic (exact) mass is 804 g/mol. The Morgan fingerprint density at radius 2 is 1.69 bits per heavy atom. The molecule has 0 spiro atoms. The number of hydrogen-bond acceptors (Lipinski definition) is 5. The molecule has 0 aliphatic heterocycles. The Labute approximate surface area is 320 Å². The largest absolute Gasteiger partial charge is 0.479 e. The first-order chi connectivity index (χ1) is 25.3. The van der Waals surface area contributed by atoms with Gasteiger partial charge >= 0.3 is 5.97 Å². The number of ether oxygens (including phenoxy) is 1. The second-order valence-electron chi connectivity index (χ2n) is 13.8. The summed E-state index contributed by atoms with van der Waals surface area (Å²) in [5, 5.41) is 9.51. The van der Waals surface area contributed by atoms with Crippen LogP contribution in [0.1, 0.15) is 77.7 Å². The van der Waals surface area contributed by atoms with Crippen LogP contribution in [0.2, 0.25) is 10.0 Å². The lowest BCUT2D eigenvalue weighted by atomic mass is 9.84. The molecule has 4 aromatic carbocycles. The number of rotatable bonds is 13. The summed E-state index contributed by atoms with van der Waals surface area (Å²) in [6, 6.07) is 13.5. The molecular formula is C39H34Cl2F4N2O6S. The third-order valence-corrected chi connectivity index (χ3v) is 10.7. The van der Waals surface area contributed by atoms with Crippen molar-refractivity contribution in [3.63, 3.8) is 0 Å². The molecule has 0 aromatic heterocycles. The quantitative estimate of drug-likeness (QED) is 0.0604. The average molecular weight is 806 g/mol. The van der Waals surface area contributed by atoms with Crippen LogP contribution in [-0.2, 0) is 33.2 Å². The molecule has 1 fully saturated rings. The molecule has 54 heavy (non-hydrogen) atoms. The van der Waals surface area contributed by atoms with Crippen LogP contribution in [0.3, 0.4) is 0 Å². The Morgan fingerprint density at radius 3 is 2.31 bits per heavy atom. The fourth-order valence-corrected chi connectivity index (χ4v) is 7.21. The zero-order valence-corrected chi connectivity index (χ0v) is 31.5. The Balaban J connectivity index is 1.58. The molecule has 284 valence electrons. The predicted molar refractivity (Wildman–Crippen MR) is 199 cm³/mol. The van der Waals surface area contributed by atoms with Gasteiger partial charge in [0.25, 0.3) is 0 Å². The van der Waals surface area contributed by atoms with Crippen LogP contribution >= 0.6 is 23.2 Å². The van der Waals surface area contributed by atoms with E-state index in [0.717, 1.165) is 34.9 Å². The van der Waals surface area contributed by atoms with Gasteiger partial charge in [-0.15, -0.1) is 6.42 Å². The van der Waals surface area contributed by atoms with Crippen LogP contribution in [0.25, 0.3) is 0 Å². The van der Waals surface area contributed by atoms with Gasteiger partial charge in [-0.1, -0.05) is 80.2 Å². The molecule has 0 radical (unpaired) electrons. The first kappa shape index (κ1) is 40.4. The van der Waals surface area contributed by atoms with E-state index >= 15 is 8.78 Å². The summed E-state index contributed by atoms with van der Waals surface area (Å²) < 4.78 is 94.4. The first-order valence-electron chi connectivity index (χ1n) is 16.5. The van der Waals surface area contributed by atoms with Gasteiger partial charge in [-0.3, -0.25) is 9.52 Å². The molecule has 0 saturated heterocycles. The number of nitrogens with zero attached hydrogens (tertiary/aromatic N) is 1. The SMILES string of the molecule is C#CCOc1cc(C(=O)O)ccc1N(Cc1cc(C2CC2)cc(C(C)(C)C)c1)C(=O)CS(=O)(=O)Nc1c(F)c(F)c(F)c(F)c1Cc1cccc(Cl)c1Cl. The zero-order valence-electron chi connectivity index (χ0n) is 29.2. The average Bonchev–Trinajstić information content (AvgIpc) is 3.96. The molecule has 5 rings (SSSR count). The van der Waals surface area contributed by atoms with Crippen molar-refractivity contribution in [2.45, 2.75) is 57.9 Å². The highest BCUT2D eigenvalue weighted by Gasteiger charge is 2.32. The summed E-state index contributed by atoms with van der Waals surface area (Å²) in [5.41, 5.74) is -0.215. The number of carbonyl (C=O) groups is 2. The molecule has 1 aliphatic rings. The molecule has 1 amide bonds. The Morgan fingerprint density at radius 1 is 1.00 bits per heavy atom. The molecule has 0 unspecified atom stereocenters. The number of carboxylic acid groups (broad SMARTS) is 1. The molecule has 15 heteroatoms. The standard InChI is InChI=1S/C39H34Cl2F4N2O6S/c1-5-13-53-30-18-24(38(49)50)11-12-29(30)47(19-21-14-25(22-9-10-22)16-26(15-21)39(2,3)4)31(48)20-54(51,52)46-37-27(33(42)34(43)35(44)36(37)45)17-23-7-6-8-28(40)32(23)41/h1,6-8,11-12,14-16,18,22,46H,9-10,13,17,19-20H2,2-4H3,(H,49,50). The predicted octanol–water partition coefficient (Wildman–Crippen LogP) is 9.00. The van der Waals surface area contributed by atoms with Gasteiger partial charge in [0.2, 0.25) is 15.9 Å². The molecule has 4 aromatic rings. The van der Waals surface area contributed by atoms with Crippen molar-refractivity contribution < 1.29 is 45.4 Å². The van der Waals surface area contributed by atoms with Gasteiger partial charge in [0, 0.05) is 12.0 Å². The van der Waals surface area contributed by atoms with Gasteiger partial charge in [-0.25, -0.2) is 30.8 Å². The Bertz CT molecular complexity index is 2300. The summed E-state index contributed by atoms with van der Waals surface area (Å²) in [6.07, 6.45) is 6.59. The number of terminal acetylenes is 1. The van der Waals surface area contributed by atoms with Crippen LogP contribution in [0, 0.1) is 35.6 Å². The lowest BCUT2D eigenvalue weighted by Crippen LogP contribution is -2.38. The third-order valence-electron chi connectivity index (χ3n) is 8.71. The van der Waals surface area contributed by atoms with E-state index in [4.69, 9.17) is 34.4 Å². The maximum absolute atomic E-state index is 15.3. The summed E-state index contributed by atoms with van der Waals surface area (Å²) in [7, 11) is -5.04. The van der Waals surface area contributed by atoms with E-state index in [1.807, 2.05) is 32.9 Å². The van der Waals surface area contributed by atoms with Crippen LogP contribution in [0.15, 0.2) is 54.6 Å².